The Morgan fingerprint density at radius 2 is 2.44 bits per heavy atom. The monoisotopic (exact) mass is 122 g/mol. The molecule has 0 amide bonds. The molecular weight excluding hydrogens is 116 g/mol. The number of carbonyl (C=O) groups is 2. The quantitative estimate of drug-likeness (QED) is 0.398. The van der Waals surface area contributed by atoms with Gasteiger partial charge in [0.15, 0.2) is 6.29 Å². The second kappa shape index (κ2) is 2.40. The lowest BCUT2D eigenvalue weighted by atomic mass is 10.2. The standard InChI is InChI=1S/C7H6O2/c8-5-7(9)6-3-1-2-4-6/h1-3,5H,4H2. The molecular formula is C7H6O2. The molecule has 46 valence electrons. The van der Waals surface area contributed by atoms with E-state index in [1.807, 2.05) is 6.08 Å². The fraction of sp³-hybridized carbons (Fsp3) is 0.143. The fourth-order valence-electron chi connectivity index (χ4n) is 0.706. The summed E-state index contributed by atoms with van der Waals surface area (Å²) in [5.41, 5.74) is 0.588. The molecule has 0 spiro atoms. The predicted molar refractivity (Wildman–Crippen MR) is 32.9 cm³/mol. The van der Waals surface area contributed by atoms with E-state index in [-0.39, 0.29) is 0 Å². The number of hydrogen-bond donors (Lipinski definition) is 0. The van der Waals surface area contributed by atoms with Crippen molar-refractivity contribution in [1.29, 1.82) is 0 Å². The highest BCUT2D eigenvalue weighted by molar-refractivity contribution is 6.33. The molecule has 1 rings (SSSR count). The van der Waals surface area contributed by atoms with Crippen LogP contribution in [-0.2, 0) is 9.59 Å². The van der Waals surface area contributed by atoms with Crippen LogP contribution < -0.4 is 0 Å². The molecule has 0 heterocycles. The molecule has 1 aliphatic carbocycles. The van der Waals surface area contributed by atoms with Crippen LogP contribution in [0.15, 0.2) is 23.8 Å². The molecule has 0 unspecified atom stereocenters. The van der Waals surface area contributed by atoms with Gasteiger partial charge in [-0.1, -0.05) is 18.2 Å². The van der Waals surface area contributed by atoms with Gasteiger partial charge in [-0.3, -0.25) is 9.59 Å². The van der Waals surface area contributed by atoms with Crippen molar-refractivity contribution in [1.82, 2.24) is 0 Å². The second-order valence-corrected chi connectivity index (χ2v) is 1.81. The number of Topliss-reactive ketones (excluding diaryl/α,β-unsaturated/α-hetero) is 1. The number of hydrogen-bond acceptors (Lipinski definition) is 2. The Kier molecular flexibility index (Phi) is 1.58. The van der Waals surface area contributed by atoms with Gasteiger partial charge < -0.3 is 0 Å². The maximum absolute atomic E-state index is 10.5. The Balaban J connectivity index is 2.65. The Labute approximate surface area is 52.9 Å². The zero-order valence-corrected chi connectivity index (χ0v) is 4.83. The van der Waals surface area contributed by atoms with E-state index in [9.17, 15) is 9.59 Å². The normalized spacial score (nSPS) is 15.3. The van der Waals surface area contributed by atoms with Gasteiger partial charge in [0.1, 0.15) is 0 Å². The van der Waals surface area contributed by atoms with Crippen LogP contribution in [0.1, 0.15) is 6.42 Å². The van der Waals surface area contributed by atoms with Crippen molar-refractivity contribution in [2.75, 3.05) is 0 Å². The minimum absolute atomic E-state index is 0.346. The first-order chi connectivity index (χ1) is 4.34. The molecule has 0 radical (unpaired) electrons. The molecule has 0 aliphatic heterocycles. The summed E-state index contributed by atoms with van der Waals surface area (Å²) in [5, 5.41) is 0. The average molecular weight is 122 g/mol. The maximum atomic E-state index is 10.5. The number of allylic oxidation sites excluding steroid dienone is 4. The summed E-state index contributed by atoms with van der Waals surface area (Å²) in [4.78, 5) is 20.4. The van der Waals surface area contributed by atoms with Crippen molar-refractivity contribution in [3.05, 3.63) is 23.8 Å². The third-order valence-corrected chi connectivity index (χ3v) is 1.19. The van der Waals surface area contributed by atoms with Crippen LogP contribution in [0.5, 0.6) is 0 Å². The Hall–Kier alpha value is -1.18. The van der Waals surface area contributed by atoms with Gasteiger partial charge in [0.25, 0.3) is 0 Å². The van der Waals surface area contributed by atoms with E-state index in [4.69, 9.17) is 0 Å². The summed E-state index contributed by atoms with van der Waals surface area (Å²) in [5.74, 6) is -0.403. The van der Waals surface area contributed by atoms with Crippen LogP contribution in [0.2, 0.25) is 0 Å². The molecule has 0 saturated carbocycles. The molecule has 0 bridgehead atoms. The van der Waals surface area contributed by atoms with E-state index in [0.29, 0.717) is 18.3 Å². The Bertz CT molecular complexity index is 199. The third-order valence-electron chi connectivity index (χ3n) is 1.19. The molecule has 0 fully saturated rings. The van der Waals surface area contributed by atoms with E-state index < -0.39 is 5.78 Å². The molecule has 0 saturated heterocycles. The molecule has 0 aromatic heterocycles. The number of rotatable bonds is 2. The smallest absolute Gasteiger partial charge is 0.221 e. The lowest BCUT2D eigenvalue weighted by Crippen LogP contribution is -2.00. The first-order valence-electron chi connectivity index (χ1n) is 2.70. The summed E-state index contributed by atoms with van der Waals surface area (Å²) in [6.07, 6.45) is 6.24. The topological polar surface area (TPSA) is 34.1 Å². The van der Waals surface area contributed by atoms with Crippen molar-refractivity contribution in [2.45, 2.75) is 6.42 Å². The number of aldehydes is 1. The molecule has 0 aromatic carbocycles. The zero-order valence-electron chi connectivity index (χ0n) is 4.83. The van der Waals surface area contributed by atoms with Gasteiger partial charge in [0.05, 0.1) is 0 Å². The van der Waals surface area contributed by atoms with Crippen LogP contribution >= 0.6 is 0 Å². The number of carbonyl (C=O) groups excluding carboxylic acids is 2. The summed E-state index contributed by atoms with van der Waals surface area (Å²) >= 11 is 0. The molecule has 2 nitrogen and oxygen atoms in total. The lowest BCUT2D eigenvalue weighted by Gasteiger charge is -1.87. The molecule has 1 aliphatic rings. The lowest BCUT2D eigenvalue weighted by molar-refractivity contribution is -0.127. The largest absolute Gasteiger partial charge is 0.294 e. The van der Waals surface area contributed by atoms with Crippen LogP contribution in [0.25, 0.3) is 0 Å². The van der Waals surface area contributed by atoms with E-state index in [0.717, 1.165) is 0 Å². The van der Waals surface area contributed by atoms with Gasteiger partial charge in [-0.2, -0.15) is 0 Å². The molecule has 0 aromatic rings. The van der Waals surface area contributed by atoms with Crippen LogP contribution in [0.4, 0.5) is 0 Å². The SMILES string of the molecule is O=CC(=O)C1=CC=CC1. The van der Waals surface area contributed by atoms with Gasteiger partial charge in [-0.25, -0.2) is 0 Å². The van der Waals surface area contributed by atoms with E-state index in [1.54, 1.807) is 12.2 Å². The summed E-state index contributed by atoms with van der Waals surface area (Å²) < 4.78 is 0. The van der Waals surface area contributed by atoms with Crippen molar-refractivity contribution in [3.63, 3.8) is 0 Å². The van der Waals surface area contributed by atoms with E-state index in [1.165, 1.54) is 0 Å². The maximum Gasteiger partial charge on any atom is 0.221 e. The fourth-order valence-corrected chi connectivity index (χ4v) is 0.706. The van der Waals surface area contributed by atoms with Gasteiger partial charge in [0.2, 0.25) is 5.78 Å². The first kappa shape index (κ1) is 5.95. The van der Waals surface area contributed by atoms with Crippen LogP contribution in [0, 0.1) is 0 Å². The summed E-state index contributed by atoms with van der Waals surface area (Å²) in [7, 11) is 0. The highest BCUT2D eigenvalue weighted by atomic mass is 16.2. The van der Waals surface area contributed by atoms with Crippen molar-refractivity contribution in [2.24, 2.45) is 0 Å². The second-order valence-electron chi connectivity index (χ2n) is 1.81. The minimum atomic E-state index is -0.403. The highest BCUT2D eigenvalue weighted by Gasteiger charge is 2.07. The Morgan fingerprint density at radius 3 is 2.89 bits per heavy atom. The first-order valence-corrected chi connectivity index (χ1v) is 2.70. The predicted octanol–water partition coefficient (Wildman–Crippen LogP) is 0.641. The third kappa shape index (κ3) is 1.13. The van der Waals surface area contributed by atoms with Gasteiger partial charge in [-0.15, -0.1) is 0 Å². The molecule has 9 heavy (non-hydrogen) atoms. The van der Waals surface area contributed by atoms with Crippen molar-refractivity contribution in [3.8, 4) is 0 Å². The average Bonchev–Trinajstić information content (AvgIpc) is 2.37. The summed E-state index contributed by atoms with van der Waals surface area (Å²) in [6, 6.07) is 0. The highest BCUT2D eigenvalue weighted by Crippen LogP contribution is 2.09. The zero-order chi connectivity index (χ0) is 6.69. The van der Waals surface area contributed by atoms with E-state index in [2.05, 4.69) is 0 Å². The van der Waals surface area contributed by atoms with Crippen molar-refractivity contribution >= 4 is 12.1 Å². The summed E-state index contributed by atoms with van der Waals surface area (Å²) in [6.45, 7) is 0. The molecule has 2 heteroatoms. The number of ketones is 1. The van der Waals surface area contributed by atoms with Crippen LogP contribution in [0.3, 0.4) is 0 Å². The van der Waals surface area contributed by atoms with Gasteiger partial charge in [-0.05, 0) is 6.42 Å². The molecule has 0 atom stereocenters. The Morgan fingerprint density at radius 1 is 1.67 bits per heavy atom. The minimum Gasteiger partial charge on any atom is -0.294 e. The van der Waals surface area contributed by atoms with E-state index >= 15 is 0 Å². The molecule has 0 N–H and O–H groups in total. The van der Waals surface area contributed by atoms with Gasteiger partial charge >= 0.3 is 0 Å². The van der Waals surface area contributed by atoms with Gasteiger partial charge in [0, 0.05) is 5.57 Å². The van der Waals surface area contributed by atoms with Crippen molar-refractivity contribution < 1.29 is 9.59 Å². The van der Waals surface area contributed by atoms with Crippen LogP contribution in [-0.4, -0.2) is 12.1 Å².